The minimum atomic E-state index is 0.869. The maximum atomic E-state index is 5.10. The van der Waals surface area contributed by atoms with Crippen LogP contribution < -0.4 is 4.90 Å². The van der Waals surface area contributed by atoms with Crippen LogP contribution in [0.5, 0.6) is 0 Å². The molecule has 0 aliphatic carbocycles. The van der Waals surface area contributed by atoms with Crippen LogP contribution in [0.1, 0.15) is 11.3 Å². The van der Waals surface area contributed by atoms with Crippen LogP contribution in [-0.2, 0) is 6.42 Å². The van der Waals surface area contributed by atoms with E-state index in [1.165, 1.54) is 11.3 Å². The summed E-state index contributed by atoms with van der Waals surface area (Å²) in [6.07, 6.45) is 2.79. The maximum Gasteiger partial charge on any atom is 0.165 e. The van der Waals surface area contributed by atoms with Gasteiger partial charge < -0.3 is 4.90 Å². The fourth-order valence-electron chi connectivity index (χ4n) is 4.51. The zero-order valence-corrected chi connectivity index (χ0v) is 19.1. The highest BCUT2D eigenvalue weighted by molar-refractivity contribution is 9.10. The quantitative estimate of drug-likeness (QED) is 0.305. The highest BCUT2D eigenvalue weighted by Gasteiger charge is 2.30. The van der Waals surface area contributed by atoms with Gasteiger partial charge in [0.05, 0.1) is 16.8 Å². The number of aromatic nitrogens is 4. The van der Waals surface area contributed by atoms with E-state index >= 15 is 0 Å². The van der Waals surface area contributed by atoms with Crippen molar-refractivity contribution in [1.29, 1.82) is 0 Å². The number of rotatable bonds is 3. The normalized spacial score (nSPS) is 13.0. The Balaban J connectivity index is 1.70. The van der Waals surface area contributed by atoms with Gasteiger partial charge in [0.1, 0.15) is 11.5 Å². The third kappa shape index (κ3) is 3.02. The van der Waals surface area contributed by atoms with Crippen LogP contribution in [0, 0.1) is 6.92 Å². The number of pyridine rings is 2. The Kier molecular flexibility index (Phi) is 4.54. The molecule has 1 aliphatic heterocycles. The first-order chi connectivity index (χ1) is 15.7. The summed E-state index contributed by atoms with van der Waals surface area (Å²) in [5.74, 6) is 0.951. The largest absolute Gasteiger partial charge is 0.325 e. The Hall–Kier alpha value is -3.51. The van der Waals surface area contributed by atoms with Gasteiger partial charge in [-0.05, 0) is 55.3 Å². The molecule has 32 heavy (non-hydrogen) atoms. The molecule has 0 saturated heterocycles. The van der Waals surface area contributed by atoms with Crippen molar-refractivity contribution in [3.63, 3.8) is 0 Å². The van der Waals surface area contributed by atoms with Crippen LogP contribution >= 0.6 is 15.9 Å². The van der Waals surface area contributed by atoms with Crippen LogP contribution in [-0.4, -0.2) is 26.3 Å². The summed E-state index contributed by atoms with van der Waals surface area (Å²) in [5, 5.41) is 6.17. The number of hydrogen-bond acceptors (Lipinski definition) is 4. The fourth-order valence-corrected chi connectivity index (χ4v) is 4.78. The molecule has 0 bridgehead atoms. The number of fused-ring (bicyclic) bond motifs is 3. The molecule has 0 fully saturated rings. The molecule has 156 valence electrons. The number of nitrogens with zero attached hydrogens (tertiary/aromatic N) is 5. The van der Waals surface area contributed by atoms with E-state index in [1.54, 1.807) is 0 Å². The van der Waals surface area contributed by atoms with E-state index in [9.17, 15) is 0 Å². The van der Waals surface area contributed by atoms with Gasteiger partial charge in [-0.2, -0.15) is 5.10 Å². The highest BCUT2D eigenvalue weighted by Crippen LogP contribution is 2.44. The Labute approximate surface area is 194 Å². The summed E-state index contributed by atoms with van der Waals surface area (Å²) >= 11 is 3.55. The summed E-state index contributed by atoms with van der Waals surface area (Å²) in [6.45, 7) is 2.98. The first-order valence-corrected chi connectivity index (χ1v) is 11.4. The second-order valence-corrected chi connectivity index (χ2v) is 8.83. The smallest absolute Gasteiger partial charge is 0.165 e. The van der Waals surface area contributed by atoms with Crippen LogP contribution in [0.25, 0.3) is 28.0 Å². The molecule has 0 N–H and O–H groups in total. The van der Waals surface area contributed by atoms with Crippen LogP contribution in [0.4, 0.5) is 11.5 Å². The number of halogens is 1. The van der Waals surface area contributed by atoms with Gasteiger partial charge in [0.25, 0.3) is 0 Å². The number of anilines is 2. The van der Waals surface area contributed by atoms with E-state index in [0.29, 0.717) is 0 Å². The molecule has 3 aromatic heterocycles. The van der Waals surface area contributed by atoms with Gasteiger partial charge in [-0.25, -0.2) is 14.6 Å². The van der Waals surface area contributed by atoms with Crippen molar-refractivity contribution in [1.82, 2.24) is 19.7 Å². The molecule has 5 nitrogen and oxygen atoms in total. The lowest BCUT2D eigenvalue weighted by Crippen LogP contribution is -2.15. The second kappa shape index (κ2) is 7.57. The molecule has 0 unspecified atom stereocenters. The number of benzene rings is 2. The summed E-state index contributed by atoms with van der Waals surface area (Å²) < 4.78 is 3.01. The predicted octanol–water partition coefficient (Wildman–Crippen LogP) is 6.25. The average Bonchev–Trinajstić information content (AvgIpc) is 3.43. The molecule has 1 aliphatic rings. The lowest BCUT2D eigenvalue weighted by Gasteiger charge is -2.20. The summed E-state index contributed by atoms with van der Waals surface area (Å²) in [7, 11) is 0. The monoisotopic (exact) mass is 481 g/mol. The first-order valence-electron chi connectivity index (χ1n) is 10.6. The van der Waals surface area contributed by atoms with E-state index in [0.717, 1.165) is 56.9 Å². The van der Waals surface area contributed by atoms with E-state index in [1.807, 2.05) is 41.2 Å². The Bertz CT molecular complexity index is 1430. The maximum absolute atomic E-state index is 5.10. The molecule has 5 aromatic rings. The summed E-state index contributed by atoms with van der Waals surface area (Å²) in [6, 6.07) is 24.6. The van der Waals surface area contributed by atoms with Gasteiger partial charge in [-0.15, -0.1) is 0 Å². The van der Waals surface area contributed by atoms with Crippen LogP contribution in [0.3, 0.4) is 0 Å². The fraction of sp³-hybridized carbons (Fsp3) is 0.115. The van der Waals surface area contributed by atoms with Crippen molar-refractivity contribution in [3.05, 3.63) is 94.7 Å². The zero-order chi connectivity index (χ0) is 21.7. The van der Waals surface area contributed by atoms with Gasteiger partial charge >= 0.3 is 0 Å². The minimum absolute atomic E-state index is 0.869. The lowest BCUT2D eigenvalue weighted by atomic mass is 10.0. The molecule has 0 atom stereocenters. The van der Waals surface area contributed by atoms with Gasteiger partial charge in [0.2, 0.25) is 0 Å². The Morgan fingerprint density at radius 3 is 2.44 bits per heavy atom. The molecule has 2 aromatic carbocycles. The van der Waals surface area contributed by atoms with Crippen molar-refractivity contribution in [3.8, 4) is 16.9 Å². The zero-order valence-electron chi connectivity index (χ0n) is 17.5. The molecule has 6 rings (SSSR count). The van der Waals surface area contributed by atoms with Crippen molar-refractivity contribution in [2.75, 3.05) is 11.4 Å². The summed E-state index contributed by atoms with van der Waals surface area (Å²) in [4.78, 5) is 12.0. The minimum Gasteiger partial charge on any atom is -0.325 e. The standard InChI is InChI=1S/C26H20BrN5/c1-17-21-14-16-31(22-9-5-6-15-28-22)25(21)23-24(18-10-12-19(27)13-11-18)30-32(26(23)29-17)20-7-3-2-4-8-20/h2-13,15H,14,16H2,1H3. The second-order valence-electron chi connectivity index (χ2n) is 7.92. The molecule has 4 heterocycles. The summed E-state index contributed by atoms with van der Waals surface area (Å²) in [5.41, 5.74) is 7.35. The molecular weight excluding hydrogens is 462 g/mol. The third-order valence-electron chi connectivity index (χ3n) is 5.99. The molecule has 0 spiro atoms. The topological polar surface area (TPSA) is 46.8 Å². The Morgan fingerprint density at radius 2 is 1.69 bits per heavy atom. The van der Waals surface area contributed by atoms with Crippen molar-refractivity contribution in [2.24, 2.45) is 0 Å². The molecule has 0 saturated carbocycles. The average molecular weight is 482 g/mol. The molecule has 6 heteroatoms. The first kappa shape index (κ1) is 19.2. The number of para-hydroxylation sites is 1. The highest BCUT2D eigenvalue weighted by atomic mass is 79.9. The van der Waals surface area contributed by atoms with Gasteiger partial charge in [-0.1, -0.05) is 52.3 Å². The predicted molar refractivity (Wildman–Crippen MR) is 132 cm³/mol. The van der Waals surface area contributed by atoms with E-state index in [2.05, 4.69) is 75.2 Å². The third-order valence-corrected chi connectivity index (χ3v) is 6.52. The Morgan fingerprint density at radius 1 is 0.906 bits per heavy atom. The van der Waals surface area contributed by atoms with Crippen molar-refractivity contribution < 1.29 is 0 Å². The van der Waals surface area contributed by atoms with Crippen molar-refractivity contribution >= 4 is 38.5 Å². The van der Waals surface area contributed by atoms with E-state index < -0.39 is 0 Å². The molecule has 0 amide bonds. The molecular formula is C26H20BrN5. The molecule has 0 radical (unpaired) electrons. The van der Waals surface area contributed by atoms with Gasteiger partial charge in [-0.3, -0.25) is 0 Å². The van der Waals surface area contributed by atoms with Gasteiger partial charge in [0, 0.05) is 28.5 Å². The van der Waals surface area contributed by atoms with Crippen LogP contribution in [0.2, 0.25) is 0 Å². The van der Waals surface area contributed by atoms with Crippen LogP contribution in [0.15, 0.2) is 83.5 Å². The number of aryl methyl sites for hydroxylation is 1. The van der Waals surface area contributed by atoms with E-state index in [-0.39, 0.29) is 0 Å². The number of hydrogen-bond donors (Lipinski definition) is 0. The van der Waals surface area contributed by atoms with Crippen molar-refractivity contribution in [2.45, 2.75) is 13.3 Å². The lowest BCUT2D eigenvalue weighted by molar-refractivity contribution is 0.896. The van der Waals surface area contributed by atoms with Gasteiger partial charge in [0.15, 0.2) is 5.65 Å². The SMILES string of the molecule is Cc1nc2c(c(-c3ccc(Br)cc3)nn2-c2ccccc2)c2c1CCN2c1ccccn1. The van der Waals surface area contributed by atoms with E-state index in [4.69, 9.17) is 10.1 Å².